The number of nitrogens with two attached hydrogens (primary N) is 1. The predicted octanol–water partition coefficient (Wildman–Crippen LogP) is 2.00. The van der Waals surface area contributed by atoms with Crippen LogP contribution in [-0.2, 0) is 20.9 Å². The summed E-state index contributed by atoms with van der Waals surface area (Å²) in [5.41, 5.74) is 10.7. The molecular formula is C25H36ClN5O4S. The van der Waals surface area contributed by atoms with Crippen molar-refractivity contribution < 1.29 is 19.5 Å². The highest BCUT2D eigenvalue weighted by molar-refractivity contribution is 7.13. The zero-order valence-corrected chi connectivity index (χ0v) is 22.7. The average molecular weight is 538 g/mol. The Balaban J connectivity index is 0.00000456. The van der Waals surface area contributed by atoms with Crippen LogP contribution >= 0.6 is 23.7 Å². The van der Waals surface area contributed by atoms with Gasteiger partial charge in [0.25, 0.3) is 0 Å². The third kappa shape index (κ3) is 7.49. The highest BCUT2D eigenvalue weighted by Gasteiger charge is 2.40. The number of amides is 3. The summed E-state index contributed by atoms with van der Waals surface area (Å²) in [5.74, 6) is -0.919. The normalized spacial score (nSPS) is 18.9. The first-order valence-corrected chi connectivity index (χ1v) is 12.8. The minimum atomic E-state index is -0.857. The van der Waals surface area contributed by atoms with Gasteiger partial charge < -0.3 is 26.4 Å². The van der Waals surface area contributed by atoms with E-state index in [9.17, 15) is 19.5 Å². The van der Waals surface area contributed by atoms with Crippen LogP contribution in [-0.4, -0.2) is 63.5 Å². The molecule has 9 nitrogen and oxygen atoms in total. The number of nitrogens with one attached hydrogen (secondary N) is 2. The summed E-state index contributed by atoms with van der Waals surface area (Å²) in [5, 5.41) is 15.7. The molecular weight excluding hydrogens is 502 g/mol. The molecule has 0 bridgehead atoms. The Morgan fingerprint density at radius 1 is 1.22 bits per heavy atom. The van der Waals surface area contributed by atoms with Gasteiger partial charge in [0.1, 0.15) is 12.1 Å². The fourth-order valence-electron chi connectivity index (χ4n) is 4.21. The zero-order valence-electron chi connectivity index (χ0n) is 21.1. The molecule has 0 saturated carbocycles. The van der Waals surface area contributed by atoms with Gasteiger partial charge in [0.2, 0.25) is 17.7 Å². The molecule has 0 unspecified atom stereocenters. The molecule has 198 valence electrons. The summed E-state index contributed by atoms with van der Waals surface area (Å²) in [6.45, 7) is 7.80. The Morgan fingerprint density at radius 2 is 1.89 bits per heavy atom. The third-order valence-corrected chi connectivity index (χ3v) is 7.06. The standard InChI is InChI=1S/C25H35N5O4S.ClH/c1-14(2)9-20(26)23(32)29-16(4)25(34)30-12-19(31)10-21(30)24(33)27-11-17-5-7-18(8-6-17)22-15(3)28-13-35-22;/h5-8,13-14,16,19-21,31H,9-12,26H2,1-4H3,(H,27,33)(H,29,32);1H/t16-,19+,20-,21-;/m0./s1. The van der Waals surface area contributed by atoms with Crippen molar-refractivity contribution in [3.05, 3.63) is 41.0 Å². The molecule has 0 radical (unpaired) electrons. The van der Waals surface area contributed by atoms with Gasteiger partial charge in [-0.2, -0.15) is 0 Å². The predicted molar refractivity (Wildman–Crippen MR) is 143 cm³/mol. The quantitative estimate of drug-likeness (QED) is 0.386. The summed E-state index contributed by atoms with van der Waals surface area (Å²) in [7, 11) is 0. The molecule has 1 aromatic carbocycles. The van der Waals surface area contributed by atoms with Gasteiger partial charge in [0.05, 0.1) is 28.2 Å². The Morgan fingerprint density at radius 3 is 2.47 bits per heavy atom. The number of benzene rings is 1. The zero-order chi connectivity index (χ0) is 25.7. The lowest BCUT2D eigenvalue weighted by Crippen LogP contribution is -2.54. The number of β-amino-alcohol motifs (C(OH)–C–C–N with tert-alkyl or cyclic N) is 1. The Bertz CT molecular complexity index is 1050. The second-order valence-corrected chi connectivity index (χ2v) is 10.4. The van der Waals surface area contributed by atoms with Crippen LogP contribution < -0.4 is 16.4 Å². The van der Waals surface area contributed by atoms with E-state index in [1.165, 1.54) is 4.90 Å². The van der Waals surface area contributed by atoms with E-state index < -0.39 is 36.0 Å². The molecule has 3 amide bonds. The van der Waals surface area contributed by atoms with Gasteiger partial charge in [-0.1, -0.05) is 38.1 Å². The summed E-state index contributed by atoms with van der Waals surface area (Å²) in [4.78, 5) is 45.0. The maximum Gasteiger partial charge on any atom is 0.245 e. The molecule has 11 heteroatoms. The smallest absolute Gasteiger partial charge is 0.245 e. The van der Waals surface area contributed by atoms with Crippen LogP contribution in [0.3, 0.4) is 0 Å². The second kappa shape index (κ2) is 13.1. The van der Waals surface area contributed by atoms with Gasteiger partial charge in [0.15, 0.2) is 0 Å². The molecule has 1 saturated heterocycles. The van der Waals surface area contributed by atoms with Gasteiger partial charge in [0, 0.05) is 19.5 Å². The Kier molecular flexibility index (Phi) is 10.8. The van der Waals surface area contributed by atoms with Gasteiger partial charge in [-0.15, -0.1) is 23.7 Å². The van der Waals surface area contributed by atoms with Crippen LogP contribution in [0.1, 0.15) is 44.9 Å². The maximum atomic E-state index is 13.0. The first-order valence-electron chi connectivity index (χ1n) is 11.9. The van der Waals surface area contributed by atoms with Gasteiger partial charge in [-0.3, -0.25) is 14.4 Å². The molecule has 2 heterocycles. The van der Waals surface area contributed by atoms with Crippen LogP contribution in [0.15, 0.2) is 29.8 Å². The fourth-order valence-corrected chi connectivity index (χ4v) is 5.02. The van der Waals surface area contributed by atoms with Crippen molar-refractivity contribution in [3.63, 3.8) is 0 Å². The fraction of sp³-hybridized carbons (Fsp3) is 0.520. The lowest BCUT2D eigenvalue weighted by Gasteiger charge is -2.27. The number of thiazole rings is 1. The topological polar surface area (TPSA) is 138 Å². The van der Waals surface area contributed by atoms with E-state index in [1.54, 1.807) is 18.3 Å². The van der Waals surface area contributed by atoms with Gasteiger partial charge >= 0.3 is 0 Å². The van der Waals surface area contributed by atoms with E-state index in [0.29, 0.717) is 13.0 Å². The number of hydrogen-bond donors (Lipinski definition) is 4. The molecule has 36 heavy (non-hydrogen) atoms. The third-order valence-electron chi connectivity index (χ3n) is 6.08. The Labute approximate surface area is 222 Å². The van der Waals surface area contributed by atoms with E-state index in [-0.39, 0.29) is 37.2 Å². The molecule has 4 atom stereocenters. The second-order valence-electron chi connectivity index (χ2n) is 9.54. The molecule has 1 aliphatic heterocycles. The van der Waals surface area contributed by atoms with Crippen LogP contribution in [0.4, 0.5) is 0 Å². The molecule has 1 aromatic heterocycles. The lowest BCUT2D eigenvalue weighted by atomic mass is 10.0. The van der Waals surface area contributed by atoms with Gasteiger partial charge in [-0.05, 0) is 37.3 Å². The Hall–Kier alpha value is -2.53. The van der Waals surface area contributed by atoms with Crippen molar-refractivity contribution in [2.75, 3.05) is 6.54 Å². The maximum absolute atomic E-state index is 13.0. The van der Waals surface area contributed by atoms with Crippen molar-refractivity contribution >= 4 is 41.5 Å². The van der Waals surface area contributed by atoms with E-state index in [0.717, 1.165) is 21.7 Å². The molecule has 0 aliphatic carbocycles. The lowest BCUT2D eigenvalue weighted by molar-refractivity contribution is -0.141. The van der Waals surface area contributed by atoms with E-state index >= 15 is 0 Å². The number of carbonyl (C=O) groups is 3. The van der Waals surface area contributed by atoms with Crippen molar-refractivity contribution in [1.29, 1.82) is 0 Å². The minimum absolute atomic E-state index is 0. The van der Waals surface area contributed by atoms with Crippen LogP contribution in [0.2, 0.25) is 0 Å². The number of aromatic nitrogens is 1. The first-order chi connectivity index (χ1) is 16.6. The summed E-state index contributed by atoms with van der Waals surface area (Å²) in [6.07, 6.45) is -0.151. The van der Waals surface area contributed by atoms with Crippen LogP contribution in [0.5, 0.6) is 0 Å². The number of aryl methyl sites for hydroxylation is 1. The molecule has 1 aliphatic rings. The number of aliphatic hydroxyl groups excluding tert-OH is 1. The minimum Gasteiger partial charge on any atom is -0.391 e. The molecule has 5 N–H and O–H groups in total. The first kappa shape index (κ1) is 29.7. The molecule has 0 spiro atoms. The number of rotatable bonds is 9. The van der Waals surface area contributed by atoms with Crippen molar-refractivity contribution in [1.82, 2.24) is 20.5 Å². The van der Waals surface area contributed by atoms with Crippen LogP contribution in [0, 0.1) is 12.8 Å². The summed E-state index contributed by atoms with van der Waals surface area (Å²) < 4.78 is 0. The van der Waals surface area contributed by atoms with Crippen molar-refractivity contribution in [2.24, 2.45) is 11.7 Å². The molecule has 1 fully saturated rings. The van der Waals surface area contributed by atoms with Crippen molar-refractivity contribution in [3.8, 4) is 10.4 Å². The summed E-state index contributed by atoms with van der Waals surface area (Å²) >= 11 is 1.58. The number of likely N-dealkylation sites (tertiary alicyclic amines) is 1. The summed E-state index contributed by atoms with van der Waals surface area (Å²) in [6, 6.07) is 5.50. The number of hydrogen-bond acceptors (Lipinski definition) is 7. The number of halogens is 1. The molecule has 3 rings (SSSR count). The molecule has 2 aromatic rings. The SMILES string of the molecule is Cc1ncsc1-c1ccc(CNC(=O)[C@@H]2C[C@@H](O)CN2C(=O)[C@H](C)NC(=O)[C@@H](N)CC(C)C)cc1.Cl. The van der Waals surface area contributed by atoms with Crippen molar-refractivity contribution in [2.45, 2.75) is 71.3 Å². The number of aliphatic hydroxyl groups is 1. The average Bonchev–Trinajstić information content (AvgIpc) is 3.42. The monoisotopic (exact) mass is 537 g/mol. The van der Waals surface area contributed by atoms with E-state index in [4.69, 9.17) is 5.73 Å². The largest absolute Gasteiger partial charge is 0.391 e. The highest BCUT2D eigenvalue weighted by atomic mass is 35.5. The number of nitrogens with zero attached hydrogens (tertiary/aromatic N) is 2. The van der Waals surface area contributed by atoms with E-state index in [2.05, 4.69) is 15.6 Å². The number of carbonyl (C=O) groups excluding carboxylic acids is 3. The van der Waals surface area contributed by atoms with Crippen LogP contribution in [0.25, 0.3) is 10.4 Å². The van der Waals surface area contributed by atoms with E-state index in [1.807, 2.05) is 50.5 Å². The highest BCUT2D eigenvalue weighted by Crippen LogP contribution is 2.27. The van der Waals surface area contributed by atoms with Gasteiger partial charge in [-0.25, -0.2) is 4.98 Å².